The van der Waals surface area contributed by atoms with Gasteiger partial charge in [0, 0.05) is 22.2 Å². The lowest BCUT2D eigenvalue weighted by Gasteiger charge is -2.25. The molecule has 0 fully saturated rings. The number of fused-ring (bicyclic) bond motifs is 2. The van der Waals surface area contributed by atoms with Crippen molar-refractivity contribution < 1.29 is 9.53 Å². The number of aromatic nitrogens is 2. The van der Waals surface area contributed by atoms with E-state index < -0.39 is 6.04 Å². The van der Waals surface area contributed by atoms with E-state index in [0.29, 0.717) is 32.9 Å². The van der Waals surface area contributed by atoms with Gasteiger partial charge in [-0.2, -0.15) is 0 Å². The van der Waals surface area contributed by atoms with Crippen molar-refractivity contribution in [3.05, 3.63) is 151 Å². The molecule has 0 radical (unpaired) electrons. The normalized spacial score (nSPS) is 14.7. The van der Waals surface area contributed by atoms with E-state index in [2.05, 4.69) is 28.5 Å². The molecule has 4 aromatic carbocycles. The van der Waals surface area contributed by atoms with Crippen LogP contribution in [0.1, 0.15) is 31.0 Å². The maximum atomic E-state index is 14.4. The van der Waals surface area contributed by atoms with Gasteiger partial charge in [-0.1, -0.05) is 90.2 Å². The van der Waals surface area contributed by atoms with Gasteiger partial charge < -0.3 is 15.0 Å². The van der Waals surface area contributed by atoms with Gasteiger partial charge in [0.15, 0.2) is 4.80 Å². The molecule has 0 saturated heterocycles. The maximum absolute atomic E-state index is 14.4. The number of benzene rings is 4. The van der Waals surface area contributed by atoms with Gasteiger partial charge in [0.25, 0.3) is 11.5 Å². The molecule has 7 nitrogen and oxygen atoms in total. The van der Waals surface area contributed by atoms with Crippen LogP contribution in [0.5, 0.6) is 5.75 Å². The minimum atomic E-state index is -0.681. The number of thiazole rings is 1. The van der Waals surface area contributed by atoms with Crippen LogP contribution in [0.25, 0.3) is 28.2 Å². The number of rotatable bonds is 7. The van der Waals surface area contributed by atoms with E-state index in [4.69, 9.17) is 9.73 Å². The smallest absolute Gasteiger partial charge is 0.271 e. The van der Waals surface area contributed by atoms with Crippen LogP contribution in [0.3, 0.4) is 0 Å². The number of para-hydroxylation sites is 2. The largest absolute Gasteiger partial charge is 0.494 e. The lowest BCUT2D eigenvalue weighted by atomic mass is 9.95. The van der Waals surface area contributed by atoms with E-state index in [9.17, 15) is 9.59 Å². The molecule has 3 heterocycles. The Hall–Kier alpha value is -5.47. The Morgan fingerprint density at radius 3 is 2.38 bits per heavy atom. The second-order valence-electron chi connectivity index (χ2n) is 10.7. The zero-order valence-corrected chi connectivity index (χ0v) is 25.6. The number of nitrogens with one attached hydrogen (secondary N) is 2. The molecule has 1 aliphatic heterocycles. The number of carbonyl (C=O) groups is 1. The molecule has 0 bridgehead atoms. The fraction of sp³-hybridized carbons (Fsp3) is 0.108. The van der Waals surface area contributed by atoms with E-state index in [0.717, 1.165) is 39.0 Å². The van der Waals surface area contributed by atoms with Crippen molar-refractivity contribution in [3.8, 4) is 17.0 Å². The highest BCUT2D eigenvalue weighted by atomic mass is 32.1. The SMILES string of the molecule is CCOc1ccc([C@@H]2C(C(=O)Nc3ccccc3)=C(C)N=c3s/c(=C\c4c(-c5ccccc5)[nH]c5ccccc45)c(=O)n32)cc1. The fourth-order valence-corrected chi connectivity index (χ4v) is 6.87. The van der Waals surface area contributed by atoms with Gasteiger partial charge in [0.1, 0.15) is 5.75 Å². The van der Waals surface area contributed by atoms with Crippen LogP contribution in [0.15, 0.2) is 130 Å². The first-order valence-corrected chi connectivity index (χ1v) is 15.6. The quantitative estimate of drug-likeness (QED) is 0.219. The topological polar surface area (TPSA) is 88.5 Å². The van der Waals surface area contributed by atoms with Crippen LogP contribution in [-0.2, 0) is 4.79 Å². The summed E-state index contributed by atoms with van der Waals surface area (Å²) in [6.45, 7) is 4.30. The number of hydrogen-bond acceptors (Lipinski definition) is 5. The number of hydrogen-bond donors (Lipinski definition) is 2. The summed E-state index contributed by atoms with van der Waals surface area (Å²) in [7, 11) is 0. The molecule has 1 aliphatic rings. The first-order chi connectivity index (χ1) is 22.0. The minimum Gasteiger partial charge on any atom is -0.494 e. The van der Waals surface area contributed by atoms with E-state index in [1.165, 1.54) is 11.3 Å². The molecule has 0 saturated carbocycles. The Morgan fingerprint density at radius 1 is 0.956 bits per heavy atom. The summed E-state index contributed by atoms with van der Waals surface area (Å²) in [6, 6.07) is 34.3. The predicted octanol–water partition coefficient (Wildman–Crippen LogP) is 6.42. The van der Waals surface area contributed by atoms with Crippen molar-refractivity contribution in [1.29, 1.82) is 0 Å². The molecule has 222 valence electrons. The minimum absolute atomic E-state index is 0.209. The van der Waals surface area contributed by atoms with Gasteiger partial charge in [-0.05, 0) is 61.4 Å². The van der Waals surface area contributed by atoms with Crippen LogP contribution in [0.4, 0.5) is 5.69 Å². The number of amides is 1. The highest BCUT2D eigenvalue weighted by Gasteiger charge is 2.32. The molecule has 2 N–H and O–H groups in total. The molecule has 1 atom stereocenters. The number of ether oxygens (including phenoxy) is 1. The van der Waals surface area contributed by atoms with E-state index in [-0.39, 0.29) is 11.5 Å². The Labute approximate surface area is 263 Å². The third-order valence-corrected chi connectivity index (χ3v) is 8.87. The second kappa shape index (κ2) is 11.9. The van der Waals surface area contributed by atoms with Gasteiger partial charge >= 0.3 is 0 Å². The van der Waals surface area contributed by atoms with Crippen molar-refractivity contribution in [2.24, 2.45) is 4.99 Å². The predicted molar refractivity (Wildman–Crippen MR) is 180 cm³/mol. The van der Waals surface area contributed by atoms with Gasteiger partial charge in [0.05, 0.1) is 34.1 Å². The van der Waals surface area contributed by atoms with Crippen LogP contribution >= 0.6 is 11.3 Å². The summed E-state index contributed by atoms with van der Waals surface area (Å²) < 4.78 is 7.86. The third kappa shape index (κ3) is 5.30. The first kappa shape index (κ1) is 28.3. The van der Waals surface area contributed by atoms with Gasteiger partial charge in [-0.3, -0.25) is 14.2 Å². The molecule has 45 heavy (non-hydrogen) atoms. The summed E-state index contributed by atoms with van der Waals surface area (Å²) in [5.41, 5.74) is 6.09. The van der Waals surface area contributed by atoms with Crippen LogP contribution in [0.2, 0.25) is 0 Å². The van der Waals surface area contributed by atoms with Crippen LogP contribution < -0.4 is 24.9 Å². The standard InChI is InChI=1S/C37H30N4O3S/c1-3-44-27-20-18-25(19-21-27)34-32(35(42)39-26-14-8-5-9-15-26)23(2)38-37-41(34)36(43)31(45-37)22-29-28-16-10-11-17-30(28)40-33(29)24-12-6-4-7-13-24/h4-22,34,40H,3H2,1-2H3,(H,39,42)/b31-22-/t34-/m1/s1. The number of carbonyl (C=O) groups excluding carboxylic acids is 1. The average Bonchev–Trinajstić information content (AvgIpc) is 3.58. The van der Waals surface area contributed by atoms with Crippen molar-refractivity contribution in [1.82, 2.24) is 9.55 Å². The number of H-pyrrole nitrogens is 1. The fourth-order valence-electron chi connectivity index (χ4n) is 5.84. The summed E-state index contributed by atoms with van der Waals surface area (Å²) in [5.74, 6) is 0.413. The molecule has 0 aliphatic carbocycles. The molecule has 0 unspecified atom stereocenters. The highest BCUT2D eigenvalue weighted by Crippen LogP contribution is 2.33. The molecule has 2 aromatic heterocycles. The lowest BCUT2D eigenvalue weighted by Crippen LogP contribution is -2.40. The summed E-state index contributed by atoms with van der Waals surface area (Å²) in [4.78, 5) is 37.2. The molecule has 7 rings (SSSR count). The molecule has 1 amide bonds. The Morgan fingerprint density at radius 2 is 1.64 bits per heavy atom. The van der Waals surface area contributed by atoms with Gasteiger partial charge in [-0.25, -0.2) is 4.99 Å². The summed E-state index contributed by atoms with van der Waals surface area (Å²) in [5, 5.41) is 4.03. The van der Waals surface area contributed by atoms with E-state index >= 15 is 0 Å². The Bertz CT molecular complexity index is 2250. The zero-order chi connectivity index (χ0) is 30.9. The second-order valence-corrected chi connectivity index (χ2v) is 11.7. The van der Waals surface area contributed by atoms with Crippen molar-refractivity contribution in [3.63, 3.8) is 0 Å². The Kier molecular flexibility index (Phi) is 7.49. The number of allylic oxidation sites excluding steroid dienone is 1. The van der Waals surface area contributed by atoms with Crippen molar-refractivity contribution in [2.45, 2.75) is 19.9 Å². The molecular formula is C37H30N4O3S. The molecular weight excluding hydrogens is 580 g/mol. The van der Waals surface area contributed by atoms with E-state index in [1.807, 2.05) is 111 Å². The Balaban J connectivity index is 1.41. The van der Waals surface area contributed by atoms with Crippen LogP contribution in [0, 0.1) is 0 Å². The molecule has 0 spiro atoms. The third-order valence-electron chi connectivity index (χ3n) is 7.89. The summed E-state index contributed by atoms with van der Waals surface area (Å²) in [6.07, 6.45) is 1.95. The first-order valence-electron chi connectivity index (χ1n) is 14.8. The van der Waals surface area contributed by atoms with Gasteiger partial charge in [-0.15, -0.1) is 0 Å². The lowest BCUT2D eigenvalue weighted by molar-refractivity contribution is -0.113. The summed E-state index contributed by atoms with van der Waals surface area (Å²) >= 11 is 1.33. The van der Waals surface area contributed by atoms with E-state index in [1.54, 1.807) is 4.57 Å². The molecule has 8 heteroatoms. The number of anilines is 1. The number of nitrogens with zero attached hydrogens (tertiary/aromatic N) is 2. The maximum Gasteiger partial charge on any atom is 0.271 e. The number of aromatic amines is 1. The highest BCUT2D eigenvalue weighted by molar-refractivity contribution is 7.07. The van der Waals surface area contributed by atoms with Crippen LogP contribution in [-0.4, -0.2) is 22.1 Å². The average molecular weight is 611 g/mol. The zero-order valence-electron chi connectivity index (χ0n) is 24.8. The monoisotopic (exact) mass is 610 g/mol. The molecule has 6 aromatic rings. The van der Waals surface area contributed by atoms with Crippen molar-refractivity contribution >= 4 is 39.9 Å². The van der Waals surface area contributed by atoms with Crippen molar-refractivity contribution in [2.75, 3.05) is 11.9 Å². The van der Waals surface area contributed by atoms with Gasteiger partial charge in [0.2, 0.25) is 0 Å².